The number of primary sulfonamides is 1. The summed E-state index contributed by atoms with van der Waals surface area (Å²) in [6.07, 6.45) is 1.53. The van der Waals surface area contributed by atoms with Crippen LogP contribution in [0.4, 0.5) is 5.69 Å². The van der Waals surface area contributed by atoms with Crippen LogP contribution in [0.25, 0.3) is 11.8 Å². The Morgan fingerprint density at radius 1 is 1.03 bits per heavy atom. The molecule has 2 amide bonds. The van der Waals surface area contributed by atoms with Gasteiger partial charge in [-0.3, -0.25) is 19.8 Å². The Hall–Kier alpha value is -3.12. The molecule has 1 aliphatic rings. The molecule has 8 nitrogen and oxygen atoms in total. The molecule has 1 saturated heterocycles. The molecule has 1 fully saturated rings. The molecule has 3 aromatic rings. The van der Waals surface area contributed by atoms with Gasteiger partial charge in [0.05, 0.1) is 10.6 Å². The molecule has 0 unspecified atom stereocenters. The maximum absolute atomic E-state index is 13.3. The second-order valence-corrected chi connectivity index (χ2v) is 10.5. The highest BCUT2D eigenvalue weighted by molar-refractivity contribution is 9.10. The molecule has 0 radical (unpaired) electrons. The van der Waals surface area contributed by atoms with E-state index in [4.69, 9.17) is 17.4 Å². The summed E-state index contributed by atoms with van der Waals surface area (Å²) in [7, 11) is -3.80. The molecule has 0 atom stereocenters. The number of halogens is 1. The van der Waals surface area contributed by atoms with Crippen LogP contribution in [-0.4, -0.2) is 29.9 Å². The number of amides is 2. The van der Waals surface area contributed by atoms with Crippen molar-refractivity contribution < 1.29 is 18.0 Å². The minimum absolute atomic E-state index is 0.00525. The Balaban J connectivity index is 1.74. The van der Waals surface area contributed by atoms with E-state index in [1.165, 1.54) is 23.1 Å². The lowest BCUT2D eigenvalue weighted by Crippen LogP contribution is -2.54. The zero-order chi connectivity index (χ0) is 24.8. The average molecular weight is 559 g/mol. The van der Waals surface area contributed by atoms with Crippen molar-refractivity contribution in [2.45, 2.75) is 18.7 Å². The first kappa shape index (κ1) is 24.0. The quantitative estimate of drug-likeness (QED) is 0.289. The van der Waals surface area contributed by atoms with Crippen LogP contribution in [0.2, 0.25) is 0 Å². The van der Waals surface area contributed by atoms with Gasteiger partial charge in [-0.15, -0.1) is 0 Å². The molecular formula is C23H19BrN4O4S2. The van der Waals surface area contributed by atoms with Gasteiger partial charge in [0, 0.05) is 21.5 Å². The lowest BCUT2D eigenvalue weighted by atomic mass is 10.1. The van der Waals surface area contributed by atoms with E-state index in [0.29, 0.717) is 16.9 Å². The van der Waals surface area contributed by atoms with Crippen LogP contribution in [0.5, 0.6) is 0 Å². The lowest BCUT2D eigenvalue weighted by Gasteiger charge is -2.29. The molecule has 34 heavy (non-hydrogen) atoms. The van der Waals surface area contributed by atoms with E-state index in [2.05, 4.69) is 21.2 Å². The number of nitrogens with one attached hydrogen (secondary N) is 1. The van der Waals surface area contributed by atoms with Gasteiger partial charge in [-0.1, -0.05) is 22.0 Å². The van der Waals surface area contributed by atoms with Gasteiger partial charge >= 0.3 is 0 Å². The van der Waals surface area contributed by atoms with Crippen LogP contribution < -0.4 is 15.4 Å². The average Bonchev–Trinajstić information content (AvgIpc) is 3.03. The SMILES string of the molecule is Cc1cc(C=C2C(=O)NC(=S)N(c3cccc(Br)c3)C2=O)c(C)n1-c1ccc(S(N)(=O)=O)cc1. The summed E-state index contributed by atoms with van der Waals surface area (Å²) in [6.45, 7) is 3.71. The van der Waals surface area contributed by atoms with Gasteiger partial charge in [0.25, 0.3) is 11.8 Å². The number of nitrogens with two attached hydrogens (primary N) is 1. The van der Waals surface area contributed by atoms with Crippen molar-refractivity contribution in [2.75, 3.05) is 4.90 Å². The van der Waals surface area contributed by atoms with Gasteiger partial charge in [0.1, 0.15) is 5.57 Å². The van der Waals surface area contributed by atoms with Crippen LogP contribution in [-0.2, 0) is 19.6 Å². The van der Waals surface area contributed by atoms with E-state index in [1.54, 1.807) is 30.3 Å². The fourth-order valence-corrected chi connectivity index (χ4v) is 4.96. The zero-order valence-electron chi connectivity index (χ0n) is 18.1. The van der Waals surface area contributed by atoms with Gasteiger partial charge in [-0.25, -0.2) is 13.6 Å². The third-order valence-electron chi connectivity index (χ3n) is 5.36. The van der Waals surface area contributed by atoms with Crippen molar-refractivity contribution >= 4 is 66.9 Å². The molecule has 2 aromatic carbocycles. The first-order valence-corrected chi connectivity index (χ1v) is 12.7. The van der Waals surface area contributed by atoms with E-state index in [9.17, 15) is 18.0 Å². The van der Waals surface area contributed by atoms with Crippen LogP contribution in [0.15, 0.2) is 69.5 Å². The first-order chi connectivity index (χ1) is 16.0. The van der Waals surface area contributed by atoms with Gasteiger partial charge in [0.2, 0.25) is 10.0 Å². The maximum Gasteiger partial charge on any atom is 0.270 e. The summed E-state index contributed by atoms with van der Waals surface area (Å²) < 4.78 is 25.8. The fraction of sp³-hybridized carbons (Fsp3) is 0.0870. The summed E-state index contributed by atoms with van der Waals surface area (Å²) in [5.74, 6) is -1.11. The Bertz CT molecular complexity index is 1490. The number of carbonyl (C=O) groups excluding carboxylic acids is 2. The summed E-state index contributed by atoms with van der Waals surface area (Å²) in [4.78, 5) is 27.2. The topological polar surface area (TPSA) is 114 Å². The van der Waals surface area contributed by atoms with Crippen molar-refractivity contribution in [1.82, 2.24) is 9.88 Å². The molecule has 174 valence electrons. The van der Waals surface area contributed by atoms with E-state index in [-0.39, 0.29) is 15.6 Å². The molecule has 0 aliphatic carbocycles. The number of aryl methyl sites for hydroxylation is 1. The predicted octanol–water partition coefficient (Wildman–Crippen LogP) is 3.34. The maximum atomic E-state index is 13.3. The number of anilines is 1. The summed E-state index contributed by atoms with van der Waals surface area (Å²) in [5, 5.41) is 7.77. The Labute approximate surface area is 210 Å². The van der Waals surface area contributed by atoms with Gasteiger partial charge in [0.15, 0.2) is 5.11 Å². The van der Waals surface area contributed by atoms with Crippen LogP contribution in [0.1, 0.15) is 17.0 Å². The first-order valence-electron chi connectivity index (χ1n) is 9.96. The molecular weight excluding hydrogens is 540 g/mol. The molecule has 11 heteroatoms. The largest absolute Gasteiger partial charge is 0.318 e. The van der Waals surface area contributed by atoms with Crippen LogP contribution in [0, 0.1) is 13.8 Å². The van der Waals surface area contributed by atoms with Crippen molar-refractivity contribution in [1.29, 1.82) is 0 Å². The normalized spacial score (nSPS) is 15.7. The van der Waals surface area contributed by atoms with Crippen molar-refractivity contribution in [3.8, 4) is 5.69 Å². The van der Waals surface area contributed by atoms with Crippen LogP contribution >= 0.6 is 28.1 Å². The monoisotopic (exact) mass is 558 g/mol. The molecule has 3 N–H and O–H groups in total. The highest BCUT2D eigenvalue weighted by Crippen LogP contribution is 2.27. The van der Waals surface area contributed by atoms with Gasteiger partial charge < -0.3 is 4.57 Å². The van der Waals surface area contributed by atoms with Crippen molar-refractivity contribution in [3.05, 3.63) is 81.6 Å². The minimum atomic E-state index is -3.80. The molecule has 4 rings (SSSR count). The minimum Gasteiger partial charge on any atom is -0.318 e. The number of hydrogen-bond donors (Lipinski definition) is 2. The number of sulfonamides is 1. The number of nitrogens with zero attached hydrogens (tertiary/aromatic N) is 2. The smallest absolute Gasteiger partial charge is 0.270 e. The molecule has 0 bridgehead atoms. The standard InChI is InChI=1S/C23H19BrN4O4S2/c1-13-10-15(14(2)27(13)17-6-8-19(9-7-17)34(25,31)32)11-20-21(29)26-23(33)28(22(20)30)18-5-3-4-16(24)12-18/h3-12H,1-2H3,(H2,25,31,32)(H,26,29,33). The number of carbonyl (C=O) groups is 2. The Kier molecular flexibility index (Phi) is 6.30. The highest BCUT2D eigenvalue weighted by atomic mass is 79.9. The van der Waals surface area contributed by atoms with E-state index in [1.807, 2.05) is 30.5 Å². The van der Waals surface area contributed by atoms with Crippen molar-refractivity contribution in [3.63, 3.8) is 0 Å². The summed E-state index contributed by atoms with van der Waals surface area (Å²) in [5.41, 5.74) is 3.43. The van der Waals surface area contributed by atoms with Crippen molar-refractivity contribution in [2.24, 2.45) is 5.14 Å². The fourth-order valence-electron chi connectivity index (χ4n) is 3.78. The number of aromatic nitrogens is 1. The summed E-state index contributed by atoms with van der Waals surface area (Å²) in [6, 6.07) is 15.0. The Morgan fingerprint density at radius 2 is 1.71 bits per heavy atom. The van der Waals surface area contributed by atoms with Crippen LogP contribution in [0.3, 0.4) is 0 Å². The van der Waals surface area contributed by atoms with E-state index >= 15 is 0 Å². The predicted molar refractivity (Wildman–Crippen MR) is 137 cm³/mol. The van der Waals surface area contributed by atoms with Gasteiger partial charge in [-0.2, -0.15) is 0 Å². The molecule has 1 aromatic heterocycles. The molecule has 2 heterocycles. The molecule has 0 saturated carbocycles. The second-order valence-electron chi connectivity index (χ2n) is 7.64. The second kappa shape index (κ2) is 8.91. The van der Waals surface area contributed by atoms with Gasteiger partial charge in [-0.05, 0) is 86.2 Å². The van der Waals surface area contributed by atoms with E-state index in [0.717, 1.165) is 15.9 Å². The number of thiocarbonyl (C=S) groups is 1. The number of hydrogen-bond acceptors (Lipinski definition) is 5. The third kappa shape index (κ3) is 4.47. The number of benzene rings is 2. The summed E-state index contributed by atoms with van der Waals surface area (Å²) >= 11 is 8.63. The number of rotatable bonds is 4. The molecule has 0 spiro atoms. The lowest BCUT2D eigenvalue weighted by molar-refractivity contribution is -0.122. The third-order valence-corrected chi connectivity index (χ3v) is 7.07. The highest BCUT2D eigenvalue weighted by Gasteiger charge is 2.34. The Morgan fingerprint density at radius 3 is 2.32 bits per heavy atom. The zero-order valence-corrected chi connectivity index (χ0v) is 21.3. The molecule has 1 aliphatic heterocycles. The van der Waals surface area contributed by atoms with E-state index < -0.39 is 21.8 Å².